The van der Waals surface area contributed by atoms with Crippen molar-refractivity contribution >= 4 is 0 Å². The molecule has 1 N–H and O–H groups in total. The van der Waals surface area contributed by atoms with Crippen LogP contribution in [0.4, 0.5) is 8.78 Å². The summed E-state index contributed by atoms with van der Waals surface area (Å²) in [6.45, 7) is 3.69. The first-order valence-corrected chi connectivity index (χ1v) is 6.22. The summed E-state index contributed by atoms with van der Waals surface area (Å²) in [6.07, 6.45) is -1.35. The lowest BCUT2D eigenvalue weighted by Gasteiger charge is -2.17. The van der Waals surface area contributed by atoms with Gasteiger partial charge in [0.1, 0.15) is 23.5 Å². The molecule has 2 aromatic carbocycles. The third-order valence-electron chi connectivity index (χ3n) is 3.50. The van der Waals surface area contributed by atoms with Gasteiger partial charge in [-0.15, -0.1) is 0 Å². The number of halogens is 2. The number of aliphatic hydroxyl groups is 1. The lowest BCUT2D eigenvalue weighted by atomic mass is 9.94. The molecule has 0 aliphatic rings. The Bertz CT molecular complexity index is 615. The number of rotatable bonds is 3. The molecule has 2 nitrogen and oxygen atoms in total. The standard InChI is InChI=1S/C16H16F2O2/c1-9-5-4-6-12(10(9)2)16(19)15-13(17)7-11(20-3)8-14(15)18/h4-8,16,19H,1-3H3. The number of methoxy groups -OCH3 is 1. The summed E-state index contributed by atoms with van der Waals surface area (Å²) >= 11 is 0. The van der Waals surface area contributed by atoms with Crippen LogP contribution in [0.25, 0.3) is 0 Å². The monoisotopic (exact) mass is 278 g/mol. The minimum atomic E-state index is -1.35. The van der Waals surface area contributed by atoms with Gasteiger partial charge in [-0.3, -0.25) is 0 Å². The average Bonchev–Trinajstić information content (AvgIpc) is 2.40. The van der Waals surface area contributed by atoms with E-state index in [0.29, 0.717) is 5.56 Å². The molecule has 0 aliphatic carbocycles. The molecule has 0 aromatic heterocycles. The van der Waals surface area contributed by atoms with Crippen molar-refractivity contribution in [3.05, 3.63) is 64.2 Å². The highest BCUT2D eigenvalue weighted by atomic mass is 19.1. The molecule has 0 aliphatic heterocycles. The number of hydrogen-bond donors (Lipinski definition) is 1. The van der Waals surface area contributed by atoms with E-state index < -0.39 is 17.7 Å². The minimum absolute atomic E-state index is 0.0805. The van der Waals surface area contributed by atoms with Crippen LogP contribution < -0.4 is 4.74 Å². The van der Waals surface area contributed by atoms with Gasteiger partial charge in [-0.1, -0.05) is 18.2 Å². The highest BCUT2D eigenvalue weighted by Crippen LogP contribution is 2.32. The Labute approximate surface area is 116 Å². The zero-order valence-electron chi connectivity index (χ0n) is 11.6. The van der Waals surface area contributed by atoms with Gasteiger partial charge in [0.05, 0.1) is 12.7 Å². The topological polar surface area (TPSA) is 29.5 Å². The summed E-state index contributed by atoms with van der Waals surface area (Å²) in [5.41, 5.74) is 1.90. The lowest BCUT2D eigenvalue weighted by molar-refractivity contribution is 0.208. The molecule has 2 rings (SSSR count). The fourth-order valence-electron chi connectivity index (χ4n) is 2.17. The Balaban J connectivity index is 2.54. The minimum Gasteiger partial charge on any atom is -0.497 e. The van der Waals surface area contributed by atoms with Crippen LogP contribution in [0.1, 0.15) is 28.4 Å². The molecule has 4 heteroatoms. The van der Waals surface area contributed by atoms with Gasteiger partial charge in [0.25, 0.3) is 0 Å². The van der Waals surface area contributed by atoms with Crippen molar-refractivity contribution in [3.63, 3.8) is 0 Å². The van der Waals surface area contributed by atoms with Crippen LogP contribution in [0.3, 0.4) is 0 Å². The van der Waals surface area contributed by atoms with Gasteiger partial charge in [0.2, 0.25) is 0 Å². The van der Waals surface area contributed by atoms with E-state index in [1.807, 2.05) is 19.9 Å². The second kappa shape index (κ2) is 5.59. The van der Waals surface area contributed by atoms with Crippen LogP contribution in [0, 0.1) is 25.5 Å². The maximum absolute atomic E-state index is 14.0. The number of aryl methyl sites for hydroxylation is 1. The van der Waals surface area contributed by atoms with Crippen molar-refractivity contribution in [2.45, 2.75) is 20.0 Å². The SMILES string of the molecule is COc1cc(F)c(C(O)c2cccc(C)c2C)c(F)c1. The highest BCUT2D eigenvalue weighted by Gasteiger charge is 2.22. The van der Waals surface area contributed by atoms with Crippen LogP contribution in [0.5, 0.6) is 5.75 Å². The van der Waals surface area contributed by atoms with E-state index in [2.05, 4.69) is 0 Å². The fourth-order valence-corrected chi connectivity index (χ4v) is 2.17. The van der Waals surface area contributed by atoms with Gasteiger partial charge in [0.15, 0.2) is 0 Å². The summed E-state index contributed by atoms with van der Waals surface area (Å²) in [7, 11) is 1.33. The first kappa shape index (κ1) is 14.5. The molecule has 0 saturated heterocycles. The van der Waals surface area contributed by atoms with Crippen LogP contribution in [0.2, 0.25) is 0 Å². The second-order valence-corrected chi connectivity index (χ2v) is 4.70. The zero-order chi connectivity index (χ0) is 14.9. The number of aliphatic hydroxyl groups excluding tert-OH is 1. The smallest absolute Gasteiger partial charge is 0.135 e. The maximum atomic E-state index is 14.0. The van der Waals surface area contributed by atoms with E-state index in [0.717, 1.165) is 23.3 Å². The molecular formula is C16H16F2O2. The zero-order valence-corrected chi connectivity index (χ0v) is 11.6. The van der Waals surface area contributed by atoms with Gasteiger partial charge in [0, 0.05) is 12.1 Å². The molecular weight excluding hydrogens is 262 g/mol. The molecule has 0 spiro atoms. The first-order valence-electron chi connectivity index (χ1n) is 6.22. The van der Waals surface area contributed by atoms with Crippen molar-refractivity contribution in [2.75, 3.05) is 7.11 Å². The van der Waals surface area contributed by atoms with Crippen molar-refractivity contribution in [2.24, 2.45) is 0 Å². The molecule has 106 valence electrons. The van der Waals surface area contributed by atoms with Gasteiger partial charge in [-0.05, 0) is 30.5 Å². The maximum Gasteiger partial charge on any atom is 0.135 e. The molecule has 0 fully saturated rings. The van der Waals surface area contributed by atoms with Crippen LogP contribution in [0.15, 0.2) is 30.3 Å². The molecule has 0 amide bonds. The predicted octanol–water partition coefficient (Wildman–Crippen LogP) is 3.67. The molecule has 20 heavy (non-hydrogen) atoms. The largest absolute Gasteiger partial charge is 0.497 e. The average molecular weight is 278 g/mol. The van der Waals surface area contributed by atoms with Crippen molar-refractivity contribution in [1.82, 2.24) is 0 Å². The van der Waals surface area contributed by atoms with Crippen molar-refractivity contribution in [1.29, 1.82) is 0 Å². The Morgan fingerprint density at radius 1 is 1.10 bits per heavy atom. The highest BCUT2D eigenvalue weighted by molar-refractivity contribution is 5.41. The van der Waals surface area contributed by atoms with E-state index in [1.54, 1.807) is 12.1 Å². The normalized spacial score (nSPS) is 12.3. The number of ether oxygens (including phenoxy) is 1. The summed E-state index contributed by atoms with van der Waals surface area (Å²) in [4.78, 5) is 0. The Kier molecular flexibility index (Phi) is 4.04. The molecule has 2 aromatic rings. The third-order valence-corrected chi connectivity index (χ3v) is 3.50. The predicted molar refractivity (Wildman–Crippen MR) is 72.9 cm³/mol. The van der Waals surface area contributed by atoms with Crippen molar-refractivity contribution in [3.8, 4) is 5.75 Å². The second-order valence-electron chi connectivity index (χ2n) is 4.70. The molecule has 0 heterocycles. The fraction of sp³-hybridized carbons (Fsp3) is 0.250. The van der Waals surface area contributed by atoms with E-state index in [1.165, 1.54) is 7.11 Å². The van der Waals surface area contributed by atoms with Gasteiger partial charge in [-0.25, -0.2) is 8.78 Å². The Morgan fingerprint density at radius 2 is 1.70 bits per heavy atom. The van der Waals surface area contributed by atoms with Crippen LogP contribution in [-0.2, 0) is 0 Å². The van der Waals surface area contributed by atoms with E-state index in [4.69, 9.17) is 4.74 Å². The van der Waals surface area contributed by atoms with E-state index >= 15 is 0 Å². The summed E-state index contributed by atoms with van der Waals surface area (Å²) in [5.74, 6) is -1.57. The summed E-state index contributed by atoms with van der Waals surface area (Å²) in [5, 5.41) is 10.3. The molecule has 0 saturated carbocycles. The van der Waals surface area contributed by atoms with Crippen molar-refractivity contribution < 1.29 is 18.6 Å². The van der Waals surface area contributed by atoms with Crippen LogP contribution in [-0.4, -0.2) is 12.2 Å². The summed E-state index contributed by atoms with van der Waals surface area (Å²) < 4.78 is 32.8. The number of benzene rings is 2. The molecule has 1 atom stereocenters. The molecule has 0 bridgehead atoms. The quantitative estimate of drug-likeness (QED) is 0.928. The van der Waals surface area contributed by atoms with Gasteiger partial charge >= 0.3 is 0 Å². The van der Waals surface area contributed by atoms with Gasteiger partial charge < -0.3 is 9.84 Å². The molecule has 0 radical (unpaired) electrons. The van der Waals surface area contributed by atoms with E-state index in [9.17, 15) is 13.9 Å². The summed E-state index contributed by atoms with van der Waals surface area (Å²) in [6, 6.07) is 7.42. The van der Waals surface area contributed by atoms with Crippen LogP contribution >= 0.6 is 0 Å². The lowest BCUT2D eigenvalue weighted by Crippen LogP contribution is -2.08. The van der Waals surface area contributed by atoms with E-state index in [-0.39, 0.29) is 11.3 Å². The Morgan fingerprint density at radius 3 is 2.25 bits per heavy atom. The first-order chi connectivity index (χ1) is 9.45. The molecule has 1 unspecified atom stereocenters. The third kappa shape index (κ3) is 2.51. The Hall–Kier alpha value is -1.94. The van der Waals surface area contributed by atoms with Gasteiger partial charge in [-0.2, -0.15) is 0 Å². The number of hydrogen-bond acceptors (Lipinski definition) is 2.